The molecule has 4 nitrogen and oxygen atoms in total. The van der Waals surface area contributed by atoms with Gasteiger partial charge in [0.15, 0.2) is 5.13 Å². The summed E-state index contributed by atoms with van der Waals surface area (Å²) < 4.78 is 44.3. The van der Waals surface area contributed by atoms with E-state index in [1.54, 1.807) is 24.3 Å². The van der Waals surface area contributed by atoms with Crippen molar-refractivity contribution in [2.75, 3.05) is 12.4 Å². The van der Waals surface area contributed by atoms with Gasteiger partial charge in [-0.05, 0) is 36.4 Å². The van der Waals surface area contributed by atoms with Gasteiger partial charge in [-0.3, -0.25) is 10.1 Å². The van der Waals surface area contributed by atoms with E-state index in [2.05, 4.69) is 10.3 Å². The second-order valence-electron chi connectivity index (χ2n) is 4.85. The van der Waals surface area contributed by atoms with E-state index < -0.39 is 17.6 Å². The standard InChI is InChI=1S/C16H11F3N2O2S/c1-23-10-7-5-9(6-8-10)14(22)21-15-20-13-11(16(17,18)19)3-2-4-12(13)24-15/h2-8H,1H3,(H,20,21,22). The highest BCUT2D eigenvalue weighted by molar-refractivity contribution is 7.22. The van der Waals surface area contributed by atoms with E-state index >= 15 is 0 Å². The molecule has 1 heterocycles. The van der Waals surface area contributed by atoms with Crippen molar-refractivity contribution in [1.82, 2.24) is 4.98 Å². The van der Waals surface area contributed by atoms with Crippen molar-refractivity contribution in [1.29, 1.82) is 0 Å². The molecule has 0 bridgehead atoms. The Morgan fingerprint density at radius 2 is 1.88 bits per heavy atom. The Balaban J connectivity index is 1.88. The van der Waals surface area contributed by atoms with E-state index in [1.165, 1.54) is 19.2 Å². The topological polar surface area (TPSA) is 51.2 Å². The number of carbonyl (C=O) groups excluding carboxylic acids is 1. The van der Waals surface area contributed by atoms with Crippen LogP contribution < -0.4 is 10.1 Å². The fraction of sp³-hybridized carbons (Fsp3) is 0.125. The maximum absolute atomic E-state index is 13.0. The lowest BCUT2D eigenvalue weighted by Crippen LogP contribution is -2.11. The first-order valence-corrected chi connectivity index (χ1v) is 7.62. The Labute approximate surface area is 138 Å². The molecule has 3 rings (SSSR count). The minimum absolute atomic E-state index is 0.113. The van der Waals surface area contributed by atoms with Crippen LogP contribution >= 0.6 is 11.3 Å². The van der Waals surface area contributed by atoms with Crippen LogP contribution in [0.15, 0.2) is 42.5 Å². The number of nitrogens with zero attached hydrogens (tertiary/aromatic N) is 1. The van der Waals surface area contributed by atoms with Crippen molar-refractivity contribution in [2.24, 2.45) is 0 Å². The Kier molecular flexibility index (Phi) is 4.15. The summed E-state index contributed by atoms with van der Waals surface area (Å²) >= 11 is 0.990. The monoisotopic (exact) mass is 352 g/mol. The number of halogens is 3. The lowest BCUT2D eigenvalue weighted by atomic mass is 10.2. The smallest absolute Gasteiger partial charge is 0.418 e. The fourth-order valence-corrected chi connectivity index (χ4v) is 3.03. The molecule has 8 heteroatoms. The largest absolute Gasteiger partial charge is 0.497 e. The number of nitrogens with one attached hydrogen (secondary N) is 1. The fourth-order valence-electron chi connectivity index (χ4n) is 2.14. The summed E-state index contributed by atoms with van der Waals surface area (Å²) in [4.78, 5) is 16.1. The molecule has 1 N–H and O–H groups in total. The molecule has 0 saturated carbocycles. The lowest BCUT2D eigenvalue weighted by Gasteiger charge is -2.06. The summed E-state index contributed by atoms with van der Waals surface area (Å²) in [6, 6.07) is 10.2. The molecule has 0 spiro atoms. The Morgan fingerprint density at radius 3 is 2.50 bits per heavy atom. The molecule has 0 fully saturated rings. The van der Waals surface area contributed by atoms with Crippen molar-refractivity contribution in [2.45, 2.75) is 6.18 Å². The maximum Gasteiger partial charge on any atom is 0.418 e. The van der Waals surface area contributed by atoms with Crippen molar-refractivity contribution in [3.05, 3.63) is 53.6 Å². The molecule has 3 aromatic rings. The van der Waals surface area contributed by atoms with Gasteiger partial charge in [0.1, 0.15) is 5.75 Å². The van der Waals surface area contributed by atoms with Crippen LogP contribution in [0, 0.1) is 0 Å². The number of alkyl halides is 3. The first-order valence-electron chi connectivity index (χ1n) is 6.80. The third-order valence-corrected chi connectivity index (χ3v) is 4.23. The summed E-state index contributed by atoms with van der Waals surface area (Å²) in [5, 5.41) is 2.64. The number of carbonyl (C=O) groups is 1. The zero-order valence-corrected chi connectivity index (χ0v) is 13.2. The number of para-hydroxylation sites is 1. The number of hydrogen-bond acceptors (Lipinski definition) is 4. The summed E-state index contributed by atoms with van der Waals surface area (Å²) in [6.07, 6.45) is -4.50. The molecule has 0 saturated heterocycles. The van der Waals surface area contributed by atoms with E-state index in [0.717, 1.165) is 17.4 Å². The molecule has 0 aliphatic heterocycles. The number of benzene rings is 2. The van der Waals surface area contributed by atoms with Crippen LogP contribution in [0.25, 0.3) is 10.2 Å². The van der Waals surface area contributed by atoms with Gasteiger partial charge in [-0.15, -0.1) is 0 Å². The molecule has 0 radical (unpaired) electrons. The normalized spacial score (nSPS) is 11.5. The predicted octanol–water partition coefficient (Wildman–Crippen LogP) is 4.58. The van der Waals surface area contributed by atoms with E-state index in [4.69, 9.17) is 4.74 Å². The number of methoxy groups -OCH3 is 1. The van der Waals surface area contributed by atoms with Gasteiger partial charge in [0.25, 0.3) is 5.91 Å². The minimum Gasteiger partial charge on any atom is -0.497 e. The molecule has 0 aliphatic carbocycles. The van der Waals surface area contributed by atoms with Crippen molar-refractivity contribution < 1.29 is 22.7 Å². The van der Waals surface area contributed by atoms with E-state index in [0.29, 0.717) is 16.0 Å². The SMILES string of the molecule is COc1ccc(C(=O)Nc2nc3c(C(F)(F)F)cccc3s2)cc1. The van der Waals surface area contributed by atoms with Crippen LogP contribution in [0.4, 0.5) is 18.3 Å². The van der Waals surface area contributed by atoms with E-state index in [9.17, 15) is 18.0 Å². The summed E-state index contributed by atoms with van der Waals surface area (Å²) in [5.41, 5.74) is -0.632. The van der Waals surface area contributed by atoms with Crippen LogP contribution in [0.5, 0.6) is 5.75 Å². The average Bonchev–Trinajstić information content (AvgIpc) is 2.96. The van der Waals surface area contributed by atoms with Crippen LogP contribution in [-0.4, -0.2) is 18.0 Å². The van der Waals surface area contributed by atoms with Crippen molar-refractivity contribution in [3.8, 4) is 5.75 Å². The first kappa shape index (κ1) is 16.3. The number of aromatic nitrogens is 1. The molecule has 2 aromatic carbocycles. The van der Waals surface area contributed by atoms with Gasteiger partial charge in [-0.25, -0.2) is 4.98 Å². The number of rotatable bonds is 3. The Hall–Kier alpha value is -2.61. The zero-order valence-electron chi connectivity index (χ0n) is 12.3. The van der Waals surface area contributed by atoms with Crippen molar-refractivity contribution >= 4 is 32.6 Å². The van der Waals surface area contributed by atoms with Crippen LogP contribution in [0.3, 0.4) is 0 Å². The predicted molar refractivity (Wildman–Crippen MR) is 85.6 cm³/mol. The van der Waals surface area contributed by atoms with Gasteiger partial charge in [0.2, 0.25) is 0 Å². The minimum atomic E-state index is -4.50. The highest BCUT2D eigenvalue weighted by atomic mass is 32.1. The van der Waals surface area contributed by atoms with Gasteiger partial charge in [-0.2, -0.15) is 13.2 Å². The molecule has 0 unspecified atom stereocenters. The first-order chi connectivity index (χ1) is 11.4. The highest BCUT2D eigenvalue weighted by Crippen LogP contribution is 2.37. The lowest BCUT2D eigenvalue weighted by molar-refractivity contribution is -0.136. The molecule has 1 amide bonds. The molecule has 0 atom stereocenters. The van der Waals surface area contributed by atoms with Gasteiger partial charge in [0, 0.05) is 5.56 Å². The molecule has 0 aliphatic rings. The summed E-state index contributed by atoms with van der Waals surface area (Å²) in [6.45, 7) is 0. The average molecular weight is 352 g/mol. The third-order valence-electron chi connectivity index (χ3n) is 3.30. The summed E-state index contributed by atoms with van der Waals surface area (Å²) in [7, 11) is 1.51. The van der Waals surface area contributed by atoms with Crippen LogP contribution in [-0.2, 0) is 6.18 Å². The van der Waals surface area contributed by atoms with Gasteiger partial charge >= 0.3 is 6.18 Å². The molecule has 24 heavy (non-hydrogen) atoms. The Morgan fingerprint density at radius 1 is 1.17 bits per heavy atom. The van der Waals surface area contributed by atoms with Gasteiger partial charge < -0.3 is 4.74 Å². The molecule has 124 valence electrons. The van der Waals surface area contributed by atoms with Gasteiger partial charge in [-0.1, -0.05) is 17.4 Å². The number of anilines is 1. The summed E-state index contributed by atoms with van der Waals surface area (Å²) in [5.74, 6) is 0.145. The highest BCUT2D eigenvalue weighted by Gasteiger charge is 2.33. The molecule has 1 aromatic heterocycles. The number of hydrogen-bond donors (Lipinski definition) is 1. The second-order valence-corrected chi connectivity index (χ2v) is 5.88. The quantitative estimate of drug-likeness (QED) is 0.751. The van der Waals surface area contributed by atoms with Crippen LogP contribution in [0.2, 0.25) is 0 Å². The van der Waals surface area contributed by atoms with E-state index in [-0.39, 0.29) is 10.6 Å². The van der Waals surface area contributed by atoms with E-state index in [1.807, 2.05) is 0 Å². The third kappa shape index (κ3) is 3.18. The zero-order chi connectivity index (χ0) is 17.3. The molecular weight excluding hydrogens is 341 g/mol. The maximum atomic E-state index is 13.0. The number of ether oxygens (including phenoxy) is 1. The number of thiazole rings is 1. The number of fused-ring (bicyclic) bond motifs is 1. The van der Waals surface area contributed by atoms with Crippen molar-refractivity contribution in [3.63, 3.8) is 0 Å². The van der Waals surface area contributed by atoms with Crippen LogP contribution in [0.1, 0.15) is 15.9 Å². The molecular formula is C16H11F3N2O2S. The number of amides is 1. The Bertz CT molecular complexity index is 888. The van der Waals surface area contributed by atoms with Gasteiger partial charge in [0.05, 0.1) is 22.9 Å². The second kappa shape index (κ2) is 6.12.